The summed E-state index contributed by atoms with van der Waals surface area (Å²) in [5.74, 6) is 1.15. The molecule has 0 N–H and O–H groups in total. The normalized spacial score (nSPS) is 13.1. The van der Waals surface area contributed by atoms with E-state index in [1.54, 1.807) is 16.7 Å². The van der Waals surface area contributed by atoms with Crippen molar-refractivity contribution in [2.24, 2.45) is 0 Å². The third-order valence-corrected chi connectivity index (χ3v) is 3.08. The number of pyridine rings is 1. The zero-order chi connectivity index (χ0) is 12.8. The van der Waals surface area contributed by atoms with E-state index in [0.29, 0.717) is 11.4 Å². The molecular formula is C14H9FN2O2. The van der Waals surface area contributed by atoms with Crippen molar-refractivity contribution in [1.82, 2.24) is 9.38 Å². The van der Waals surface area contributed by atoms with Crippen LogP contribution < -0.4 is 9.47 Å². The first-order valence-electron chi connectivity index (χ1n) is 5.84. The molecule has 1 aliphatic heterocycles. The molecule has 0 saturated carbocycles. The van der Waals surface area contributed by atoms with E-state index < -0.39 is 0 Å². The maximum atomic E-state index is 13.1. The topological polar surface area (TPSA) is 35.8 Å². The molecule has 2 aromatic heterocycles. The van der Waals surface area contributed by atoms with Gasteiger partial charge in [0, 0.05) is 18.0 Å². The molecule has 3 heterocycles. The van der Waals surface area contributed by atoms with Crippen LogP contribution in [0.1, 0.15) is 0 Å². The van der Waals surface area contributed by atoms with E-state index in [2.05, 4.69) is 4.98 Å². The second-order valence-corrected chi connectivity index (χ2v) is 4.31. The molecule has 19 heavy (non-hydrogen) atoms. The van der Waals surface area contributed by atoms with Crippen molar-refractivity contribution >= 4 is 5.65 Å². The van der Waals surface area contributed by atoms with Crippen molar-refractivity contribution in [3.05, 3.63) is 48.5 Å². The molecule has 1 aliphatic rings. The summed E-state index contributed by atoms with van der Waals surface area (Å²) in [6, 6.07) is 8.67. The van der Waals surface area contributed by atoms with E-state index in [-0.39, 0.29) is 12.6 Å². The summed E-state index contributed by atoms with van der Waals surface area (Å²) in [6.45, 7) is 0.245. The molecule has 4 rings (SSSR count). The molecule has 0 spiro atoms. The summed E-state index contributed by atoms with van der Waals surface area (Å²) in [6.07, 6.45) is 3.19. The molecule has 0 radical (unpaired) electrons. The van der Waals surface area contributed by atoms with Crippen molar-refractivity contribution in [2.75, 3.05) is 6.79 Å². The number of benzene rings is 1. The molecule has 0 fully saturated rings. The first-order valence-corrected chi connectivity index (χ1v) is 5.84. The lowest BCUT2D eigenvalue weighted by atomic mass is 10.1. The highest BCUT2D eigenvalue weighted by atomic mass is 19.1. The van der Waals surface area contributed by atoms with E-state index in [9.17, 15) is 4.39 Å². The Hall–Kier alpha value is -2.56. The number of hydrogen-bond acceptors (Lipinski definition) is 3. The van der Waals surface area contributed by atoms with Gasteiger partial charge in [-0.1, -0.05) is 0 Å². The standard InChI is InChI=1S/C14H9FN2O2/c15-10-2-4-14-16-11(7-17(14)6-10)9-1-3-12-13(5-9)19-8-18-12/h1-7H,8H2. The fourth-order valence-corrected chi connectivity index (χ4v) is 2.16. The third kappa shape index (κ3) is 1.62. The van der Waals surface area contributed by atoms with Crippen molar-refractivity contribution in [3.63, 3.8) is 0 Å². The monoisotopic (exact) mass is 256 g/mol. The number of aromatic nitrogens is 2. The number of halogens is 1. The predicted molar refractivity (Wildman–Crippen MR) is 66.7 cm³/mol. The Kier molecular flexibility index (Phi) is 2.03. The Morgan fingerprint density at radius 1 is 1.05 bits per heavy atom. The fourth-order valence-electron chi connectivity index (χ4n) is 2.16. The molecule has 0 bridgehead atoms. The number of ether oxygens (including phenoxy) is 2. The SMILES string of the molecule is Fc1ccc2nc(-c3ccc4c(c3)OCO4)cn2c1. The zero-order valence-corrected chi connectivity index (χ0v) is 9.84. The average Bonchev–Trinajstić information content (AvgIpc) is 3.02. The van der Waals surface area contributed by atoms with Crippen molar-refractivity contribution in [1.29, 1.82) is 0 Å². The zero-order valence-electron chi connectivity index (χ0n) is 9.84. The maximum Gasteiger partial charge on any atom is 0.231 e. The van der Waals surface area contributed by atoms with Crippen LogP contribution in [0.25, 0.3) is 16.9 Å². The Labute approximate surface area is 108 Å². The van der Waals surface area contributed by atoms with E-state index >= 15 is 0 Å². The van der Waals surface area contributed by atoms with Gasteiger partial charge in [-0.2, -0.15) is 0 Å². The van der Waals surface area contributed by atoms with Gasteiger partial charge in [-0.15, -0.1) is 0 Å². The van der Waals surface area contributed by atoms with Crippen molar-refractivity contribution in [3.8, 4) is 22.8 Å². The molecule has 0 aliphatic carbocycles. The van der Waals surface area contributed by atoms with Gasteiger partial charge in [0.25, 0.3) is 0 Å². The number of hydrogen-bond donors (Lipinski definition) is 0. The highest BCUT2D eigenvalue weighted by Crippen LogP contribution is 2.35. The summed E-state index contributed by atoms with van der Waals surface area (Å²) in [5.41, 5.74) is 2.38. The van der Waals surface area contributed by atoms with E-state index in [4.69, 9.17) is 9.47 Å². The van der Waals surface area contributed by atoms with Gasteiger partial charge in [0.1, 0.15) is 11.5 Å². The molecule has 0 amide bonds. The number of fused-ring (bicyclic) bond motifs is 2. The molecular weight excluding hydrogens is 247 g/mol. The molecule has 94 valence electrons. The summed E-state index contributed by atoms with van der Waals surface area (Å²) in [4.78, 5) is 4.45. The quantitative estimate of drug-likeness (QED) is 0.671. The minimum atomic E-state index is -0.290. The first-order chi connectivity index (χ1) is 9.29. The molecule has 0 unspecified atom stereocenters. The maximum absolute atomic E-state index is 13.1. The van der Waals surface area contributed by atoms with Gasteiger partial charge in [-0.05, 0) is 30.3 Å². The fraction of sp³-hybridized carbons (Fsp3) is 0.0714. The van der Waals surface area contributed by atoms with Crippen LogP contribution in [-0.4, -0.2) is 16.2 Å². The number of rotatable bonds is 1. The lowest BCUT2D eigenvalue weighted by molar-refractivity contribution is 0.174. The van der Waals surface area contributed by atoms with Crippen LogP contribution in [0, 0.1) is 5.82 Å². The van der Waals surface area contributed by atoms with Crippen molar-refractivity contribution in [2.45, 2.75) is 0 Å². The van der Waals surface area contributed by atoms with Crippen LogP contribution in [0.4, 0.5) is 4.39 Å². The largest absolute Gasteiger partial charge is 0.454 e. The van der Waals surface area contributed by atoms with E-state index in [1.807, 2.05) is 18.2 Å². The summed E-state index contributed by atoms with van der Waals surface area (Å²) < 4.78 is 25.4. The van der Waals surface area contributed by atoms with Crippen molar-refractivity contribution < 1.29 is 13.9 Å². The second-order valence-electron chi connectivity index (χ2n) is 4.31. The molecule has 3 aromatic rings. The Morgan fingerprint density at radius 3 is 2.89 bits per heavy atom. The lowest BCUT2D eigenvalue weighted by Gasteiger charge is -1.98. The van der Waals surface area contributed by atoms with Crippen LogP contribution in [0.5, 0.6) is 11.5 Å². The van der Waals surface area contributed by atoms with E-state index in [1.165, 1.54) is 12.3 Å². The predicted octanol–water partition coefficient (Wildman–Crippen LogP) is 2.87. The average molecular weight is 256 g/mol. The van der Waals surface area contributed by atoms with E-state index in [0.717, 1.165) is 17.0 Å². The smallest absolute Gasteiger partial charge is 0.231 e. The minimum absolute atomic E-state index is 0.245. The molecule has 5 heteroatoms. The third-order valence-electron chi connectivity index (χ3n) is 3.08. The Bertz CT molecular complexity index is 782. The van der Waals surface area contributed by atoms with Gasteiger partial charge in [-0.3, -0.25) is 0 Å². The lowest BCUT2D eigenvalue weighted by Crippen LogP contribution is -1.92. The van der Waals surface area contributed by atoms with Gasteiger partial charge in [-0.25, -0.2) is 9.37 Å². The number of nitrogens with zero attached hydrogens (tertiary/aromatic N) is 2. The molecule has 1 aromatic carbocycles. The second kappa shape index (κ2) is 3.71. The Morgan fingerprint density at radius 2 is 1.95 bits per heavy atom. The molecule has 4 nitrogen and oxygen atoms in total. The van der Waals surface area contributed by atoms with Crippen LogP contribution >= 0.6 is 0 Å². The summed E-state index contributed by atoms with van der Waals surface area (Å²) in [5, 5.41) is 0. The van der Waals surface area contributed by atoms with Gasteiger partial charge in [0.05, 0.1) is 5.69 Å². The van der Waals surface area contributed by atoms with Crippen LogP contribution in [0.2, 0.25) is 0 Å². The first kappa shape index (κ1) is 10.4. The van der Waals surface area contributed by atoms with Gasteiger partial charge in [0.2, 0.25) is 6.79 Å². The van der Waals surface area contributed by atoms with Crippen LogP contribution in [0.3, 0.4) is 0 Å². The van der Waals surface area contributed by atoms with Gasteiger partial charge < -0.3 is 13.9 Å². The Balaban J connectivity index is 1.85. The summed E-state index contributed by atoms with van der Waals surface area (Å²) in [7, 11) is 0. The molecule has 0 atom stereocenters. The van der Waals surface area contributed by atoms with Crippen LogP contribution in [-0.2, 0) is 0 Å². The highest BCUT2D eigenvalue weighted by Gasteiger charge is 2.15. The van der Waals surface area contributed by atoms with Crippen LogP contribution in [0.15, 0.2) is 42.7 Å². The van der Waals surface area contributed by atoms with Gasteiger partial charge >= 0.3 is 0 Å². The number of imidazole rings is 1. The highest BCUT2D eigenvalue weighted by molar-refractivity contribution is 5.66. The minimum Gasteiger partial charge on any atom is -0.454 e. The summed E-state index contributed by atoms with van der Waals surface area (Å²) >= 11 is 0. The molecule has 0 saturated heterocycles. The van der Waals surface area contributed by atoms with Gasteiger partial charge in [0.15, 0.2) is 11.5 Å².